The van der Waals surface area contributed by atoms with Crippen LogP contribution in [0.2, 0.25) is 0 Å². The molecule has 4 rings (SSSR count). The third kappa shape index (κ3) is 3.97. The molecular weight excluding hydrogens is 372 g/mol. The topological polar surface area (TPSA) is 55.6 Å². The molecule has 0 N–H and O–H groups in total. The van der Waals surface area contributed by atoms with Crippen LogP contribution in [-0.4, -0.2) is 23.3 Å². The Morgan fingerprint density at radius 2 is 1.93 bits per heavy atom. The number of pyridine rings is 1. The Morgan fingerprint density at radius 3 is 2.64 bits per heavy atom. The van der Waals surface area contributed by atoms with Gasteiger partial charge in [0.2, 0.25) is 0 Å². The number of ether oxygens (including phenoxy) is 1. The van der Waals surface area contributed by atoms with Crippen LogP contribution in [0.5, 0.6) is 0 Å². The van der Waals surface area contributed by atoms with Crippen LogP contribution >= 0.6 is 11.8 Å². The molecule has 0 fully saturated rings. The number of hydrogen-bond acceptors (Lipinski definition) is 5. The van der Waals surface area contributed by atoms with Crippen molar-refractivity contribution in [3.8, 4) is 0 Å². The van der Waals surface area contributed by atoms with Gasteiger partial charge in [-0.15, -0.1) is 11.8 Å². The summed E-state index contributed by atoms with van der Waals surface area (Å²) in [6.07, 6.45) is 1.67. The summed E-state index contributed by atoms with van der Waals surface area (Å²) in [4.78, 5) is 20.4. The second kappa shape index (κ2) is 8.35. The minimum atomic E-state index is -0.223. The zero-order chi connectivity index (χ0) is 19.3. The van der Waals surface area contributed by atoms with Gasteiger partial charge in [0, 0.05) is 11.9 Å². The lowest BCUT2D eigenvalue weighted by Gasteiger charge is -2.26. The second-order valence-corrected chi connectivity index (χ2v) is 7.42. The van der Waals surface area contributed by atoms with Gasteiger partial charge in [-0.3, -0.25) is 9.69 Å². The summed E-state index contributed by atoms with van der Waals surface area (Å²) in [5.41, 5.74) is 0.977. The summed E-state index contributed by atoms with van der Waals surface area (Å²) in [6, 6.07) is 19.1. The van der Waals surface area contributed by atoms with Crippen molar-refractivity contribution in [1.29, 1.82) is 0 Å². The Balaban J connectivity index is 1.74. The molecule has 0 spiro atoms. The largest absolute Gasteiger partial charge is 0.486 e. The van der Waals surface area contributed by atoms with E-state index in [0.717, 1.165) is 22.0 Å². The van der Waals surface area contributed by atoms with Crippen molar-refractivity contribution in [2.24, 2.45) is 0 Å². The van der Waals surface area contributed by atoms with E-state index in [9.17, 15) is 4.79 Å². The molecule has 1 aliphatic heterocycles. The van der Waals surface area contributed by atoms with Crippen LogP contribution in [0.3, 0.4) is 0 Å². The molecule has 0 saturated carbocycles. The van der Waals surface area contributed by atoms with E-state index in [-0.39, 0.29) is 12.5 Å². The fourth-order valence-corrected chi connectivity index (χ4v) is 3.95. The molecule has 1 aromatic carbocycles. The summed E-state index contributed by atoms with van der Waals surface area (Å²) in [6.45, 7) is 2.66. The van der Waals surface area contributed by atoms with Gasteiger partial charge >= 0.3 is 0 Å². The number of aromatic nitrogens is 1. The van der Waals surface area contributed by atoms with E-state index >= 15 is 0 Å². The minimum Gasteiger partial charge on any atom is -0.486 e. The monoisotopic (exact) mass is 392 g/mol. The van der Waals surface area contributed by atoms with Crippen molar-refractivity contribution in [3.63, 3.8) is 0 Å². The third-order valence-corrected chi connectivity index (χ3v) is 5.37. The predicted molar refractivity (Wildman–Crippen MR) is 111 cm³/mol. The number of carbonyl (C=O) groups excluding carboxylic acids is 1. The fourth-order valence-electron chi connectivity index (χ4n) is 3.00. The summed E-state index contributed by atoms with van der Waals surface area (Å²) in [5, 5.41) is 0. The molecule has 28 heavy (non-hydrogen) atoms. The Labute approximate surface area is 168 Å². The molecule has 0 bridgehead atoms. The van der Waals surface area contributed by atoms with Gasteiger partial charge in [0.25, 0.3) is 5.91 Å². The Kier molecular flexibility index (Phi) is 5.48. The van der Waals surface area contributed by atoms with Crippen molar-refractivity contribution in [2.45, 2.75) is 13.5 Å². The second-order valence-electron chi connectivity index (χ2n) is 6.31. The summed E-state index contributed by atoms with van der Waals surface area (Å²) in [7, 11) is 0. The van der Waals surface area contributed by atoms with Gasteiger partial charge in [0.05, 0.1) is 18.1 Å². The van der Waals surface area contributed by atoms with Gasteiger partial charge in [-0.1, -0.05) is 36.4 Å². The van der Waals surface area contributed by atoms with Gasteiger partial charge in [0.15, 0.2) is 5.76 Å². The molecule has 0 atom stereocenters. The van der Waals surface area contributed by atoms with Crippen LogP contribution in [0.4, 0.5) is 5.82 Å². The molecule has 1 amide bonds. The molecule has 3 aromatic rings. The number of furan rings is 1. The van der Waals surface area contributed by atoms with Crippen LogP contribution < -0.4 is 4.90 Å². The number of rotatable bonds is 5. The lowest BCUT2D eigenvalue weighted by atomic mass is 10.2. The standard InChI is InChI=1S/C22H20N2O3S/c1-16-10-11-18(27-16)15-24(19-9-5-6-12-23-19)22(25)20-21(28-14-13-26-20)17-7-3-2-4-8-17/h2-12H,13-15H2,1H3. The van der Waals surface area contributed by atoms with Gasteiger partial charge in [-0.2, -0.15) is 0 Å². The van der Waals surface area contributed by atoms with Gasteiger partial charge in [0.1, 0.15) is 17.3 Å². The van der Waals surface area contributed by atoms with Gasteiger partial charge in [-0.25, -0.2) is 4.98 Å². The van der Waals surface area contributed by atoms with Crippen molar-refractivity contribution in [3.05, 3.63) is 89.7 Å². The zero-order valence-corrected chi connectivity index (χ0v) is 16.3. The molecule has 0 aliphatic carbocycles. The molecule has 6 heteroatoms. The summed E-state index contributed by atoms with van der Waals surface area (Å²) < 4.78 is 11.6. The predicted octanol–water partition coefficient (Wildman–Crippen LogP) is 4.65. The Bertz CT molecular complexity index is 983. The van der Waals surface area contributed by atoms with E-state index in [1.54, 1.807) is 22.9 Å². The normalized spacial score (nSPS) is 13.9. The Morgan fingerprint density at radius 1 is 1.11 bits per heavy atom. The van der Waals surface area contributed by atoms with Crippen molar-refractivity contribution < 1.29 is 13.9 Å². The lowest BCUT2D eigenvalue weighted by molar-refractivity contribution is -0.118. The highest BCUT2D eigenvalue weighted by Crippen LogP contribution is 2.36. The maximum atomic E-state index is 13.5. The van der Waals surface area contributed by atoms with E-state index in [0.29, 0.717) is 23.9 Å². The molecule has 3 heterocycles. The Hall–Kier alpha value is -2.99. The lowest BCUT2D eigenvalue weighted by Crippen LogP contribution is -2.34. The van der Waals surface area contributed by atoms with Crippen molar-refractivity contribution in [1.82, 2.24) is 4.98 Å². The number of benzene rings is 1. The molecule has 0 radical (unpaired) electrons. The maximum Gasteiger partial charge on any atom is 0.296 e. The first kappa shape index (κ1) is 18.4. The number of carbonyl (C=O) groups is 1. The van der Waals surface area contributed by atoms with E-state index in [4.69, 9.17) is 9.15 Å². The fraction of sp³-hybridized carbons (Fsp3) is 0.182. The third-order valence-electron chi connectivity index (χ3n) is 4.29. The van der Waals surface area contributed by atoms with E-state index in [1.807, 2.05) is 67.6 Å². The zero-order valence-electron chi connectivity index (χ0n) is 15.5. The van der Waals surface area contributed by atoms with Gasteiger partial charge < -0.3 is 9.15 Å². The molecular formula is C22H20N2O3S. The molecule has 0 unspecified atom stereocenters. The summed E-state index contributed by atoms with van der Waals surface area (Å²) >= 11 is 1.64. The number of thioether (sulfide) groups is 1. The molecule has 0 saturated heterocycles. The van der Waals surface area contributed by atoms with Crippen LogP contribution in [0.25, 0.3) is 4.91 Å². The maximum absolute atomic E-state index is 13.5. The highest BCUT2D eigenvalue weighted by Gasteiger charge is 2.29. The number of amides is 1. The number of anilines is 1. The van der Waals surface area contributed by atoms with Crippen LogP contribution in [0, 0.1) is 6.92 Å². The molecule has 5 nitrogen and oxygen atoms in total. The molecule has 2 aromatic heterocycles. The van der Waals surface area contributed by atoms with Crippen molar-refractivity contribution >= 4 is 28.4 Å². The van der Waals surface area contributed by atoms with Crippen LogP contribution in [0.1, 0.15) is 17.1 Å². The van der Waals surface area contributed by atoms with Crippen LogP contribution in [0.15, 0.2) is 77.0 Å². The first-order chi connectivity index (χ1) is 13.7. The number of hydrogen-bond donors (Lipinski definition) is 0. The first-order valence-electron chi connectivity index (χ1n) is 9.06. The van der Waals surface area contributed by atoms with E-state index in [1.165, 1.54) is 0 Å². The van der Waals surface area contributed by atoms with Crippen molar-refractivity contribution in [2.75, 3.05) is 17.3 Å². The van der Waals surface area contributed by atoms with E-state index < -0.39 is 0 Å². The summed E-state index contributed by atoms with van der Waals surface area (Å²) in [5.74, 6) is 3.00. The highest BCUT2D eigenvalue weighted by molar-refractivity contribution is 8.08. The highest BCUT2D eigenvalue weighted by atomic mass is 32.2. The molecule has 1 aliphatic rings. The quantitative estimate of drug-likeness (QED) is 0.633. The first-order valence-corrected chi connectivity index (χ1v) is 10.0. The minimum absolute atomic E-state index is 0.223. The number of aryl methyl sites for hydroxylation is 1. The SMILES string of the molecule is Cc1ccc(CN(C(=O)C2=C(c3ccccc3)SCCO2)c2ccccn2)o1. The van der Waals surface area contributed by atoms with Crippen LogP contribution in [-0.2, 0) is 16.1 Å². The smallest absolute Gasteiger partial charge is 0.296 e. The average molecular weight is 392 g/mol. The van der Waals surface area contributed by atoms with E-state index in [2.05, 4.69) is 4.98 Å². The molecule has 142 valence electrons. The van der Waals surface area contributed by atoms with Gasteiger partial charge in [-0.05, 0) is 36.8 Å². The number of nitrogens with zero attached hydrogens (tertiary/aromatic N) is 2. The average Bonchev–Trinajstić information content (AvgIpc) is 3.17.